The van der Waals surface area contributed by atoms with Crippen LogP contribution in [0.25, 0.3) is 11.1 Å². The average molecular weight is 256 g/mol. The summed E-state index contributed by atoms with van der Waals surface area (Å²) >= 11 is 0. The van der Waals surface area contributed by atoms with E-state index < -0.39 is 5.82 Å². The van der Waals surface area contributed by atoms with Crippen LogP contribution in [0.3, 0.4) is 0 Å². The lowest BCUT2D eigenvalue weighted by Gasteiger charge is -2.10. The Labute approximate surface area is 110 Å². The summed E-state index contributed by atoms with van der Waals surface area (Å²) in [5, 5.41) is 0. The van der Waals surface area contributed by atoms with E-state index in [0.717, 1.165) is 23.0 Å². The highest BCUT2D eigenvalue weighted by molar-refractivity contribution is 5.82. The molecule has 3 heteroatoms. The summed E-state index contributed by atoms with van der Waals surface area (Å²) in [6.07, 6.45) is 1.30. The number of carbonyl (C=O) groups is 2. The highest BCUT2D eigenvalue weighted by Gasteiger charge is 2.09. The number of aryl methyl sites for hydroxylation is 2. The molecule has 0 aliphatic rings. The largest absolute Gasteiger partial charge is 0.298 e. The van der Waals surface area contributed by atoms with E-state index in [-0.39, 0.29) is 5.56 Å². The maximum Gasteiger partial charge on any atom is 0.152 e. The van der Waals surface area contributed by atoms with Gasteiger partial charge in [0, 0.05) is 5.56 Å². The van der Waals surface area contributed by atoms with Gasteiger partial charge in [-0.05, 0) is 54.3 Å². The van der Waals surface area contributed by atoms with Crippen LogP contribution in [0.4, 0.5) is 4.39 Å². The number of aldehydes is 2. The number of hydrogen-bond donors (Lipinski definition) is 0. The Morgan fingerprint density at radius 3 is 2.16 bits per heavy atom. The van der Waals surface area contributed by atoms with Gasteiger partial charge < -0.3 is 0 Å². The molecule has 0 aliphatic heterocycles. The molecule has 0 aromatic heterocycles. The van der Waals surface area contributed by atoms with Gasteiger partial charge in [-0.1, -0.05) is 12.1 Å². The van der Waals surface area contributed by atoms with E-state index in [2.05, 4.69) is 0 Å². The maximum atomic E-state index is 13.6. The number of rotatable bonds is 3. The standard InChI is InChI=1S/C16H13FO2/c1-10-6-15(11(2)5-14(10)9-19)12-3-4-13(8-18)16(17)7-12/h3-9H,1-2H3. The van der Waals surface area contributed by atoms with Gasteiger partial charge in [-0.3, -0.25) is 9.59 Å². The van der Waals surface area contributed by atoms with Crippen LogP contribution >= 0.6 is 0 Å². The summed E-state index contributed by atoms with van der Waals surface area (Å²) in [5.74, 6) is -0.538. The molecule has 96 valence electrons. The summed E-state index contributed by atoms with van der Waals surface area (Å²) in [4.78, 5) is 21.5. The fraction of sp³-hybridized carbons (Fsp3) is 0.125. The second-order valence-corrected chi connectivity index (χ2v) is 4.50. The SMILES string of the molecule is Cc1cc(-c2ccc(C=O)c(F)c2)c(C)cc1C=O. The van der Waals surface area contributed by atoms with Crippen LogP contribution in [0.5, 0.6) is 0 Å². The molecule has 19 heavy (non-hydrogen) atoms. The predicted molar refractivity (Wildman–Crippen MR) is 72.1 cm³/mol. The van der Waals surface area contributed by atoms with Crippen molar-refractivity contribution in [2.45, 2.75) is 13.8 Å². The second-order valence-electron chi connectivity index (χ2n) is 4.50. The van der Waals surface area contributed by atoms with Crippen molar-refractivity contribution in [3.63, 3.8) is 0 Å². The molecule has 2 aromatic rings. The van der Waals surface area contributed by atoms with Gasteiger partial charge in [-0.2, -0.15) is 0 Å². The van der Waals surface area contributed by atoms with Gasteiger partial charge in [0.2, 0.25) is 0 Å². The molecule has 0 amide bonds. The summed E-state index contributed by atoms with van der Waals surface area (Å²) in [5.41, 5.74) is 3.97. The first-order valence-corrected chi connectivity index (χ1v) is 5.88. The third kappa shape index (κ3) is 2.45. The Hall–Kier alpha value is -2.29. The van der Waals surface area contributed by atoms with Gasteiger partial charge >= 0.3 is 0 Å². The molecule has 0 saturated heterocycles. The number of benzene rings is 2. The van der Waals surface area contributed by atoms with Gasteiger partial charge in [0.05, 0.1) is 5.56 Å². The third-order valence-corrected chi connectivity index (χ3v) is 3.18. The van der Waals surface area contributed by atoms with E-state index in [4.69, 9.17) is 0 Å². The average Bonchev–Trinajstić information content (AvgIpc) is 2.40. The summed E-state index contributed by atoms with van der Waals surface area (Å²) in [6.45, 7) is 3.70. The van der Waals surface area contributed by atoms with Crippen LogP contribution in [-0.2, 0) is 0 Å². The molecule has 0 atom stereocenters. The fourth-order valence-electron chi connectivity index (χ4n) is 2.07. The Morgan fingerprint density at radius 1 is 0.895 bits per heavy atom. The van der Waals surface area contributed by atoms with Crippen LogP contribution in [0, 0.1) is 19.7 Å². The Kier molecular flexibility index (Phi) is 3.56. The summed E-state index contributed by atoms with van der Waals surface area (Å²) < 4.78 is 13.6. The molecule has 2 rings (SSSR count). The molecule has 0 radical (unpaired) electrons. The second kappa shape index (κ2) is 5.14. The first-order valence-electron chi connectivity index (χ1n) is 5.88. The first kappa shape index (κ1) is 13.1. The molecular weight excluding hydrogens is 243 g/mol. The predicted octanol–water partition coefficient (Wildman–Crippen LogP) is 3.73. The van der Waals surface area contributed by atoms with Gasteiger partial charge in [0.15, 0.2) is 6.29 Å². The van der Waals surface area contributed by atoms with Crippen LogP contribution in [-0.4, -0.2) is 12.6 Å². The van der Waals surface area contributed by atoms with Crippen molar-refractivity contribution in [3.8, 4) is 11.1 Å². The highest BCUT2D eigenvalue weighted by atomic mass is 19.1. The van der Waals surface area contributed by atoms with E-state index in [9.17, 15) is 14.0 Å². The van der Waals surface area contributed by atoms with Crippen molar-refractivity contribution >= 4 is 12.6 Å². The molecular formula is C16H13FO2. The van der Waals surface area contributed by atoms with Gasteiger partial charge in [-0.25, -0.2) is 4.39 Å². The van der Waals surface area contributed by atoms with Gasteiger partial charge in [0.25, 0.3) is 0 Å². The van der Waals surface area contributed by atoms with Crippen molar-refractivity contribution in [2.75, 3.05) is 0 Å². The van der Waals surface area contributed by atoms with Crippen LogP contribution < -0.4 is 0 Å². The Morgan fingerprint density at radius 2 is 1.58 bits per heavy atom. The molecule has 0 fully saturated rings. The van der Waals surface area contributed by atoms with Crippen LogP contribution in [0.15, 0.2) is 30.3 Å². The normalized spacial score (nSPS) is 10.3. The van der Waals surface area contributed by atoms with Crippen molar-refractivity contribution in [3.05, 3.63) is 58.4 Å². The number of hydrogen-bond acceptors (Lipinski definition) is 2. The maximum absolute atomic E-state index is 13.6. The Bertz CT molecular complexity index is 660. The molecule has 0 unspecified atom stereocenters. The van der Waals surface area contributed by atoms with Crippen molar-refractivity contribution < 1.29 is 14.0 Å². The van der Waals surface area contributed by atoms with Gasteiger partial charge in [-0.15, -0.1) is 0 Å². The first-order chi connectivity index (χ1) is 9.06. The molecule has 0 heterocycles. The zero-order valence-electron chi connectivity index (χ0n) is 10.7. The van der Waals surface area contributed by atoms with E-state index in [0.29, 0.717) is 17.4 Å². The van der Waals surface area contributed by atoms with Gasteiger partial charge in [0.1, 0.15) is 12.1 Å². The monoisotopic (exact) mass is 256 g/mol. The van der Waals surface area contributed by atoms with E-state index >= 15 is 0 Å². The quantitative estimate of drug-likeness (QED) is 0.784. The van der Waals surface area contributed by atoms with Crippen molar-refractivity contribution in [2.24, 2.45) is 0 Å². The van der Waals surface area contributed by atoms with Crippen molar-refractivity contribution in [1.82, 2.24) is 0 Å². The van der Waals surface area contributed by atoms with Crippen LogP contribution in [0.2, 0.25) is 0 Å². The lowest BCUT2D eigenvalue weighted by Crippen LogP contribution is -1.94. The topological polar surface area (TPSA) is 34.1 Å². The molecule has 0 spiro atoms. The molecule has 0 bridgehead atoms. The molecule has 0 aliphatic carbocycles. The molecule has 2 nitrogen and oxygen atoms in total. The Balaban J connectivity index is 2.59. The highest BCUT2D eigenvalue weighted by Crippen LogP contribution is 2.27. The summed E-state index contributed by atoms with van der Waals surface area (Å²) in [7, 11) is 0. The summed E-state index contributed by atoms with van der Waals surface area (Å²) in [6, 6.07) is 8.14. The minimum Gasteiger partial charge on any atom is -0.298 e. The molecule has 0 N–H and O–H groups in total. The minimum absolute atomic E-state index is 0.0441. The minimum atomic E-state index is -0.538. The van der Waals surface area contributed by atoms with E-state index in [1.54, 1.807) is 12.1 Å². The van der Waals surface area contributed by atoms with Crippen molar-refractivity contribution in [1.29, 1.82) is 0 Å². The fourth-order valence-corrected chi connectivity index (χ4v) is 2.07. The third-order valence-electron chi connectivity index (χ3n) is 3.18. The zero-order chi connectivity index (χ0) is 14.0. The van der Waals surface area contributed by atoms with E-state index in [1.807, 2.05) is 19.9 Å². The number of carbonyl (C=O) groups excluding carboxylic acids is 2. The number of halogens is 1. The lowest BCUT2D eigenvalue weighted by atomic mass is 9.95. The zero-order valence-corrected chi connectivity index (χ0v) is 10.7. The molecule has 2 aromatic carbocycles. The lowest BCUT2D eigenvalue weighted by molar-refractivity contribution is 0.111. The van der Waals surface area contributed by atoms with E-state index in [1.165, 1.54) is 12.1 Å². The molecule has 0 saturated carbocycles. The smallest absolute Gasteiger partial charge is 0.152 e. The van der Waals surface area contributed by atoms with Crippen LogP contribution in [0.1, 0.15) is 31.8 Å².